The summed E-state index contributed by atoms with van der Waals surface area (Å²) in [6.45, 7) is 4.09. The molecule has 9 nitrogen and oxygen atoms in total. The van der Waals surface area contributed by atoms with Gasteiger partial charge in [-0.2, -0.15) is 5.26 Å². The number of guanidine groups is 1. The van der Waals surface area contributed by atoms with Gasteiger partial charge in [-0.05, 0) is 37.5 Å². The normalized spacial score (nSPS) is 15.9. The number of aliphatic imine (C=N–C) groups is 1. The minimum Gasteiger partial charge on any atom is -0.497 e. The van der Waals surface area contributed by atoms with E-state index in [9.17, 15) is 8.42 Å². The van der Waals surface area contributed by atoms with Crippen LogP contribution in [0.15, 0.2) is 58.4 Å². The predicted octanol–water partition coefficient (Wildman–Crippen LogP) is 2.46. The number of rotatable bonds is 8. The minimum atomic E-state index is -3.88. The van der Waals surface area contributed by atoms with Crippen LogP contribution in [0, 0.1) is 11.5 Å². The van der Waals surface area contributed by atoms with E-state index in [1.54, 1.807) is 12.1 Å². The fourth-order valence-corrected chi connectivity index (χ4v) is 5.55. The monoisotopic (exact) mass is 485 g/mol. The van der Waals surface area contributed by atoms with Crippen molar-refractivity contribution in [1.82, 2.24) is 14.9 Å². The Hall–Kier alpha value is -3.29. The summed E-state index contributed by atoms with van der Waals surface area (Å²) in [7, 11) is -0.952. The van der Waals surface area contributed by atoms with Gasteiger partial charge in [0.1, 0.15) is 16.4 Å². The van der Waals surface area contributed by atoms with E-state index >= 15 is 0 Å². The molecule has 0 atom stereocenters. The molecule has 0 aliphatic carbocycles. The highest BCUT2D eigenvalue weighted by Gasteiger charge is 2.38. The lowest BCUT2D eigenvalue weighted by Crippen LogP contribution is -2.52. The Labute approximate surface area is 201 Å². The molecule has 3 rings (SSSR count). The van der Waals surface area contributed by atoms with Gasteiger partial charge in [-0.25, -0.2) is 13.1 Å². The van der Waals surface area contributed by atoms with E-state index in [1.807, 2.05) is 48.3 Å². The summed E-state index contributed by atoms with van der Waals surface area (Å²) in [4.78, 5) is 5.99. The maximum Gasteiger partial charge on any atom is 0.244 e. The molecule has 0 radical (unpaired) electrons. The highest BCUT2D eigenvalue weighted by molar-refractivity contribution is 7.89. The molecule has 10 heteroatoms. The lowest BCUT2D eigenvalue weighted by molar-refractivity contribution is 0.221. The number of nitriles is 1. The van der Waals surface area contributed by atoms with Crippen molar-refractivity contribution >= 4 is 16.0 Å². The van der Waals surface area contributed by atoms with Gasteiger partial charge in [0.05, 0.1) is 14.2 Å². The molecule has 1 aliphatic rings. The van der Waals surface area contributed by atoms with Crippen LogP contribution in [-0.2, 0) is 15.4 Å². The van der Waals surface area contributed by atoms with Gasteiger partial charge < -0.3 is 19.7 Å². The van der Waals surface area contributed by atoms with E-state index in [-0.39, 0.29) is 17.2 Å². The number of sulfonamides is 1. The Morgan fingerprint density at radius 1 is 1.15 bits per heavy atom. The average molecular weight is 486 g/mol. The molecule has 0 aromatic heterocycles. The molecule has 2 N–H and O–H groups in total. The Bertz CT molecular complexity index is 1140. The van der Waals surface area contributed by atoms with Gasteiger partial charge in [0.2, 0.25) is 22.2 Å². The Morgan fingerprint density at radius 2 is 1.85 bits per heavy atom. The summed E-state index contributed by atoms with van der Waals surface area (Å²) in [5.74, 6) is 1.23. The van der Waals surface area contributed by atoms with Crippen LogP contribution in [0.1, 0.15) is 25.3 Å². The summed E-state index contributed by atoms with van der Waals surface area (Å²) in [6, 6.07) is 14.6. The van der Waals surface area contributed by atoms with E-state index in [4.69, 9.17) is 14.7 Å². The molecule has 0 unspecified atom stereocenters. The number of hydrogen-bond acceptors (Lipinski definition) is 6. The lowest BCUT2D eigenvalue weighted by Gasteiger charge is -2.43. The third-order valence-electron chi connectivity index (χ3n) is 6.16. The molecular weight excluding hydrogens is 454 g/mol. The highest BCUT2D eigenvalue weighted by Crippen LogP contribution is 2.36. The molecule has 0 bridgehead atoms. The molecule has 2 aromatic rings. The fourth-order valence-electron chi connectivity index (χ4n) is 4.24. The van der Waals surface area contributed by atoms with Crippen molar-refractivity contribution < 1.29 is 17.9 Å². The number of piperidine rings is 1. The van der Waals surface area contributed by atoms with Crippen molar-refractivity contribution in [2.24, 2.45) is 4.99 Å². The summed E-state index contributed by atoms with van der Waals surface area (Å²) in [5, 5.41) is 12.2. The first-order valence-corrected chi connectivity index (χ1v) is 12.6. The van der Waals surface area contributed by atoms with Crippen LogP contribution in [-0.4, -0.2) is 59.7 Å². The molecule has 0 saturated carbocycles. The topological polar surface area (TPSA) is 116 Å². The second kappa shape index (κ2) is 11.2. The van der Waals surface area contributed by atoms with E-state index in [2.05, 4.69) is 15.0 Å². The number of nitrogens with zero attached hydrogens (tertiary/aromatic N) is 3. The zero-order valence-electron chi connectivity index (χ0n) is 19.7. The summed E-state index contributed by atoms with van der Waals surface area (Å²) >= 11 is 0. The third kappa shape index (κ3) is 5.61. The summed E-state index contributed by atoms with van der Waals surface area (Å²) in [6.07, 6.45) is 3.23. The zero-order valence-corrected chi connectivity index (χ0v) is 20.6. The van der Waals surface area contributed by atoms with Crippen molar-refractivity contribution in [2.45, 2.75) is 30.1 Å². The number of likely N-dealkylation sites (tertiary alicyclic amines) is 1. The maximum absolute atomic E-state index is 13.3. The van der Waals surface area contributed by atoms with E-state index in [0.717, 1.165) is 5.56 Å². The van der Waals surface area contributed by atoms with Crippen LogP contribution in [0.25, 0.3) is 0 Å². The van der Waals surface area contributed by atoms with E-state index in [1.165, 1.54) is 20.3 Å². The number of nitrogens with one attached hydrogen (secondary N) is 2. The molecule has 2 aromatic carbocycles. The first kappa shape index (κ1) is 25.3. The third-order valence-corrected chi connectivity index (χ3v) is 7.58. The van der Waals surface area contributed by atoms with Crippen molar-refractivity contribution in [2.75, 3.05) is 40.4 Å². The summed E-state index contributed by atoms with van der Waals surface area (Å²) < 4.78 is 40.0. The molecule has 182 valence electrons. The average Bonchev–Trinajstić information content (AvgIpc) is 2.88. The first-order valence-electron chi connectivity index (χ1n) is 11.1. The number of hydrogen-bond donors (Lipinski definition) is 2. The molecular formula is C24H31N5O4S. The van der Waals surface area contributed by atoms with E-state index < -0.39 is 15.4 Å². The largest absolute Gasteiger partial charge is 0.497 e. The zero-order chi connectivity index (χ0) is 24.6. The van der Waals surface area contributed by atoms with Gasteiger partial charge >= 0.3 is 0 Å². The SMILES string of the molecule is CCN/C(=N\C#N)N1CCC(CNS(=O)(=O)c2cc(OC)ccc2OC)(c2ccccc2)CC1. The molecule has 0 amide bonds. The quantitative estimate of drug-likeness (QED) is 0.335. The number of ether oxygens (including phenoxy) is 2. The van der Waals surface area contributed by atoms with Gasteiger partial charge in [-0.1, -0.05) is 30.3 Å². The molecule has 34 heavy (non-hydrogen) atoms. The maximum atomic E-state index is 13.3. The standard InChI is InChI=1S/C24H31N5O4S/c1-4-26-23(27-18-25)29-14-12-24(13-15-29,19-8-6-5-7-9-19)17-28-34(30,31)22-16-20(32-2)10-11-21(22)33-3/h5-11,16,28H,4,12-15,17H2,1-3H3,(H,26,27). The fraction of sp³-hybridized carbons (Fsp3) is 0.417. The van der Waals surface area contributed by atoms with Crippen molar-refractivity contribution in [3.63, 3.8) is 0 Å². The second-order valence-electron chi connectivity index (χ2n) is 8.04. The van der Waals surface area contributed by atoms with Crippen molar-refractivity contribution in [3.8, 4) is 17.7 Å². The second-order valence-corrected chi connectivity index (χ2v) is 9.78. The van der Waals surface area contributed by atoms with Crippen LogP contribution in [0.5, 0.6) is 11.5 Å². The Balaban J connectivity index is 1.87. The highest BCUT2D eigenvalue weighted by atomic mass is 32.2. The Morgan fingerprint density at radius 3 is 2.44 bits per heavy atom. The molecule has 1 aliphatic heterocycles. The van der Waals surface area contributed by atoms with E-state index in [0.29, 0.717) is 44.2 Å². The molecule has 1 saturated heterocycles. The van der Waals surface area contributed by atoms with Gasteiger partial charge in [0, 0.05) is 37.7 Å². The van der Waals surface area contributed by atoms with Crippen molar-refractivity contribution in [1.29, 1.82) is 5.26 Å². The lowest BCUT2D eigenvalue weighted by atomic mass is 9.73. The predicted molar refractivity (Wildman–Crippen MR) is 130 cm³/mol. The Kier molecular flexibility index (Phi) is 8.36. The van der Waals surface area contributed by atoms with Gasteiger partial charge in [0.25, 0.3) is 0 Å². The van der Waals surface area contributed by atoms with Crippen LogP contribution < -0.4 is 19.5 Å². The number of methoxy groups -OCH3 is 2. The minimum absolute atomic E-state index is 0.0329. The summed E-state index contributed by atoms with van der Waals surface area (Å²) in [5.41, 5.74) is 0.651. The molecule has 0 spiro atoms. The van der Waals surface area contributed by atoms with Crippen LogP contribution in [0.3, 0.4) is 0 Å². The van der Waals surface area contributed by atoms with Gasteiger partial charge in [-0.15, -0.1) is 4.99 Å². The number of benzene rings is 2. The van der Waals surface area contributed by atoms with Gasteiger partial charge in [-0.3, -0.25) is 0 Å². The first-order chi connectivity index (χ1) is 16.4. The smallest absolute Gasteiger partial charge is 0.244 e. The van der Waals surface area contributed by atoms with Crippen LogP contribution in [0.2, 0.25) is 0 Å². The van der Waals surface area contributed by atoms with Crippen molar-refractivity contribution in [3.05, 3.63) is 54.1 Å². The van der Waals surface area contributed by atoms with Crippen LogP contribution in [0.4, 0.5) is 0 Å². The van der Waals surface area contributed by atoms with Crippen LogP contribution >= 0.6 is 0 Å². The molecule has 1 fully saturated rings. The molecule has 1 heterocycles. The van der Waals surface area contributed by atoms with Gasteiger partial charge in [0.15, 0.2) is 0 Å².